The summed E-state index contributed by atoms with van der Waals surface area (Å²) in [5.41, 5.74) is 5.37. The van der Waals surface area contributed by atoms with E-state index in [1.54, 1.807) is 0 Å². The number of rotatable bonds is 6. The predicted molar refractivity (Wildman–Crippen MR) is 68.7 cm³/mol. The third-order valence-corrected chi connectivity index (χ3v) is 3.61. The van der Waals surface area contributed by atoms with Gasteiger partial charge in [-0.1, -0.05) is 20.3 Å². The summed E-state index contributed by atoms with van der Waals surface area (Å²) < 4.78 is 5.28. The number of ether oxygens (including phenoxy) is 1. The maximum atomic E-state index is 12.5. The zero-order valence-corrected chi connectivity index (χ0v) is 11.4. The first-order valence-electron chi connectivity index (χ1n) is 6.73. The van der Waals surface area contributed by atoms with Crippen molar-refractivity contribution in [3.05, 3.63) is 0 Å². The average molecular weight is 242 g/mol. The Morgan fingerprint density at radius 2 is 2.24 bits per heavy atom. The molecule has 17 heavy (non-hydrogen) atoms. The molecule has 1 saturated heterocycles. The highest BCUT2D eigenvalue weighted by Crippen LogP contribution is 2.21. The number of hydrogen-bond donors (Lipinski definition) is 1. The lowest BCUT2D eigenvalue weighted by Gasteiger charge is -2.34. The van der Waals surface area contributed by atoms with Crippen molar-refractivity contribution in [2.24, 2.45) is 5.73 Å². The number of carbonyl (C=O) groups excluding carboxylic acids is 1. The van der Waals surface area contributed by atoms with Crippen LogP contribution in [0, 0.1) is 0 Å². The molecule has 1 aliphatic rings. The van der Waals surface area contributed by atoms with E-state index in [9.17, 15) is 4.79 Å². The van der Waals surface area contributed by atoms with E-state index in [0.29, 0.717) is 19.6 Å². The SMILES string of the molecule is CCCCN(C(=O)C1(N)CCOC1)C(C)CC. The van der Waals surface area contributed by atoms with Crippen molar-refractivity contribution in [1.29, 1.82) is 0 Å². The van der Waals surface area contributed by atoms with E-state index in [1.807, 2.05) is 4.90 Å². The molecule has 0 radical (unpaired) electrons. The molecule has 4 nitrogen and oxygen atoms in total. The molecule has 1 aliphatic heterocycles. The predicted octanol–water partition coefficient (Wildman–Crippen LogP) is 1.53. The summed E-state index contributed by atoms with van der Waals surface area (Å²) in [6, 6.07) is 0.259. The van der Waals surface area contributed by atoms with Crippen molar-refractivity contribution in [3.8, 4) is 0 Å². The van der Waals surface area contributed by atoms with Crippen molar-refractivity contribution < 1.29 is 9.53 Å². The van der Waals surface area contributed by atoms with E-state index in [1.165, 1.54) is 0 Å². The largest absolute Gasteiger partial charge is 0.379 e. The van der Waals surface area contributed by atoms with E-state index in [-0.39, 0.29) is 11.9 Å². The summed E-state index contributed by atoms with van der Waals surface area (Å²) in [5, 5.41) is 0. The molecule has 2 N–H and O–H groups in total. The molecule has 1 heterocycles. The highest BCUT2D eigenvalue weighted by molar-refractivity contribution is 5.86. The highest BCUT2D eigenvalue weighted by Gasteiger charge is 2.41. The Morgan fingerprint density at radius 1 is 1.53 bits per heavy atom. The van der Waals surface area contributed by atoms with Crippen LogP contribution in [-0.2, 0) is 9.53 Å². The van der Waals surface area contributed by atoms with Gasteiger partial charge in [0.15, 0.2) is 0 Å². The number of hydrogen-bond acceptors (Lipinski definition) is 3. The quantitative estimate of drug-likeness (QED) is 0.768. The summed E-state index contributed by atoms with van der Waals surface area (Å²) in [6.45, 7) is 8.10. The van der Waals surface area contributed by atoms with Crippen molar-refractivity contribution in [1.82, 2.24) is 4.90 Å². The number of nitrogens with two attached hydrogens (primary N) is 1. The van der Waals surface area contributed by atoms with Crippen LogP contribution in [-0.4, -0.2) is 42.1 Å². The van der Waals surface area contributed by atoms with Gasteiger partial charge in [-0.3, -0.25) is 4.79 Å². The van der Waals surface area contributed by atoms with Gasteiger partial charge in [-0.25, -0.2) is 0 Å². The molecule has 0 aromatic rings. The number of carbonyl (C=O) groups is 1. The molecular weight excluding hydrogens is 216 g/mol. The van der Waals surface area contributed by atoms with Crippen LogP contribution in [0.4, 0.5) is 0 Å². The normalized spacial score (nSPS) is 25.9. The number of unbranched alkanes of at least 4 members (excludes halogenated alkanes) is 1. The molecule has 0 saturated carbocycles. The molecule has 0 spiro atoms. The highest BCUT2D eigenvalue weighted by atomic mass is 16.5. The van der Waals surface area contributed by atoms with Crippen LogP contribution in [0.3, 0.4) is 0 Å². The summed E-state index contributed by atoms with van der Waals surface area (Å²) >= 11 is 0. The molecule has 2 unspecified atom stereocenters. The fourth-order valence-corrected chi connectivity index (χ4v) is 2.11. The second-order valence-electron chi connectivity index (χ2n) is 5.07. The Kier molecular flexibility index (Phi) is 5.40. The summed E-state index contributed by atoms with van der Waals surface area (Å²) in [7, 11) is 0. The van der Waals surface area contributed by atoms with Crippen molar-refractivity contribution in [3.63, 3.8) is 0 Å². The molecule has 0 aromatic heterocycles. The van der Waals surface area contributed by atoms with Crippen LogP contribution in [0.5, 0.6) is 0 Å². The van der Waals surface area contributed by atoms with Gasteiger partial charge in [-0.05, 0) is 26.2 Å². The minimum absolute atomic E-state index is 0.0674. The van der Waals surface area contributed by atoms with Crippen LogP contribution in [0.25, 0.3) is 0 Å². The van der Waals surface area contributed by atoms with E-state index in [2.05, 4.69) is 20.8 Å². The topological polar surface area (TPSA) is 55.6 Å². The Bertz CT molecular complexity index is 250. The maximum absolute atomic E-state index is 12.5. The smallest absolute Gasteiger partial charge is 0.245 e. The third kappa shape index (κ3) is 3.42. The van der Waals surface area contributed by atoms with Crippen LogP contribution in [0.2, 0.25) is 0 Å². The van der Waals surface area contributed by atoms with Gasteiger partial charge in [0, 0.05) is 19.2 Å². The second-order valence-corrected chi connectivity index (χ2v) is 5.07. The van der Waals surface area contributed by atoms with Crippen molar-refractivity contribution in [2.75, 3.05) is 19.8 Å². The summed E-state index contributed by atoms with van der Waals surface area (Å²) in [5.74, 6) is 0.0674. The van der Waals surface area contributed by atoms with Crippen LogP contribution < -0.4 is 5.73 Å². The first kappa shape index (κ1) is 14.5. The van der Waals surface area contributed by atoms with Gasteiger partial charge in [0.05, 0.1) is 6.61 Å². The van der Waals surface area contributed by atoms with E-state index in [0.717, 1.165) is 25.8 Å². The molecule has 0 aromatic carbocycles. The van der Waals surface area contributed by atoms with Gasteiger partial charge >= 0.3 is 0 Å². The zero-order chi connectivity index (χ0) is 12.9. The first-order chi connectivity index (χ1) is 8.05. The Morgan fingerprint density at radius 3 is 2.71 bits per heavy atom. The standard InChI is InChI=1S/C13H26N2O2/c1-4-6-8-15(11(3)5-2)12(16)13(14)7-9-17-10-13/h11H,4-10,14H2,1-3H3. The molecule has 2 atom stereocenters. The first-order valence-corrected chi connectivity index (χ1v) is 6.73. The molecule has 0 bridgehead atoms. The van der Waals surface area contributed by atoms with Crippen LogP contribution in [0.1, 0.15) is 46.5 Å². The lowest BCUT2D eigenvalue weighted by atomic mass is 9.97. The lowest BCUT2D eigenvalue weighted by molar-refractivity contribution is -0.139. The summed E-state index contributed by atoms with van der Waals surface area (Å²) in [6.07, 6.45) is 3.73. The second kappa shape index (κ2) is 6.36. The van der Waals surface area contributed by atoms with E-state index < -0.39 is 5.54 Å². The fraction of sp³-hybridized carbons (Fsp3) is 0.923. The lowest BCUT2D eigenvalue weighted by Crippen LogP contribution is -2.58. The number of nitrogens with zero attached hydrogens (tertiary/aromatic N) is 1. The van der Waals surface area contributed by atoms with E-state index >= 15 is 0 Å². The molecule has 1 fully saturated rings. The Balaban J connectivity index is 2.70. The average Bonchev–Trinajstić information content (AvgIpc) is 2.77. The van der Waals surface area contributed by atoms with Crippen LogP contribution >= 0.6 is 0 Å². The van der Waals surface area contributed by atoms with Gasteiger partial charge in [0.25, 0.3) is 0 Å². The third-order valence-electron chi connectivity index (χ3n) is 3.61. The molecule has 100 valence electrons. The van der Waals surface area contributed by atoms with Gasteiger partial charge < -0.3 is 15.4 Å². The minimum atomic E-state index is -0.781. The number of amides is 1. The zero-order valence-electron chi connectivity index (χ0n) is 11.4. The minimum Gasteiger partial charge on any atom is -0.379 e. The van der Waals surface area contributed by atoms with Crippen molar-refractivity contribution in [2.45, 2.75) is 58.0 Å². The Hall–Kier alpha value is -0.610. The van der Waals surface area contributed by atoms with Crippen LogP contribution in [0.15, 0.2) is 0 Å². The Labute approximate surface area is 104 Å². The molecule has 1 rings (SSSR count). The van der Waals surface area contributed by atoms with Crippen molar-refractivity contribution >= 4 is 5.91 Å². The maximum Gasteiger partial charge on any atom is 0.245 e. The monoisotopic (exact) mass is 242 g/mol. The summed E-state index contributed by atoms with van der Waals surface area (Å²) in [4.78, 5) is 14.4. The molecule has 4 heteroatoms. The molecule has 1 amide bonds. The van der Waals surface area contributed by atoms with Gasteiger partial charge in [-0.15, -0.1) is 0 Å². The molecular formula is C13H26N2O2. The molecule has 0 aliphatic carbocycles. The van der Waals surface area contributed by atoms with Gasteiger partial charge in [-0.2, -0.15) is 0 Å². The van der Waals surface area contributed by atoms with Gasteiger partial charge in [0.2, 0.25) is 5.91 Å². The fourth-order valence-electron chi connectivity index (χ4n) is 2.11. The van der Waals surface area contributed by atoms with Gasteiger partial charge in [0.1, 0.15) is 5.54 Å². The van der Waals surface area contributed by atoms with E-state index in [4.69, 9.17) is 10.5 Å².